The molecule has 0 amide bonds. The van der Waals surface area contributed by atoms with Crippen LogP contribution in [-0.2, 0) is 19.4 Å². The molecule has 1 atom stereocenters. The number of carbonyl (C=O) groups is 1. The third-order valence-corrected chi connectivity index (χ3v) is 4.25. The van der Waals surface area contributed by atoms with Crippen LogP contribution in [0.25, 0.3) is 0 Å². The zero-order valence-corrected chi connectivity index (χ0v) is 11.5. The zero-order valence-electron chi connectivity index (χ0n) is 10.7. The second kappa shape index (κ2) is 6.98. The Hall–Kier alpha value is -1.76. The average molecular weight is 284 g/mol. The van der Waals surface area contributed by atoms with Crippen LogP contribution in [-0.4, -0.2) is 36.2 Å². The fourth-order valence-electron chi connectivity index (χ4n) is 1.46. The van der Waals surface area contributed by atoms with Gasteiger partial charge in [0.1, 0.15) is 0 Å². The first-order chi connectivity index (χ1) is 9.04. The number of aromatic nitrogens is 2. The molecule has 0 radical (unpaired) electrons. The monoisotopic (exact) mass is 284 g/mol. The largest absolute Gasteiger partial charge is 0.465 e. The predicted octanol–water partition coefficient (Wildman–Crippen LogP) is 1.15. The van der Waals surface area contributed by atoms with Gasteiger partial charge >= 0.3 is 5.97 Å². The van der Waals surface area contributed by atoms with E-state index in [1.54, 1.807) is 13.0 Å². The molecule has 0 aromatic carbocycles. The normalized spacial score (nSPS) is 12.7. The molecule has 0 saturated heterocycles. The SMILES string of the molecule is C=CCCC(C(=O)OCC)S(=O)(=O)c1ncccn1. The minimum atomic E-state index is -3.94. The number of sulfone groups is 1. The second-order valence-corrected chi connectivity index (χ2v) is 5.71. The molecule has 1 rings (SSSR count). The van der Waals surface area contributed by atoms with Crippen molar-refractivity contribution in [3.8, 4) is 0 Å². The Balaban J connectivity index is 3.08. The summed E-state index contributed by atoms with van der Waals surface area (Å²) >= 11 is 0. The average Bonchev–Trinajstić information content (AvgIpc) is 2.40. The molecular formula is C12H16N2O4S. The molecule has 7 heteroatoms. The van der Waals surface area contributed by atoms with Crippen molar-refractivity contribution >= 4 is 15.8 Å². The second-order valence-electron chi connectivity index (χ2n) is 3.68. The minimum absolute atomic E-state index is 0.100. The topological polar surface area (TPSA) is 86.2 Å². The lowest BCUT2D eigenvalue weighted by Gasteiger charge is -2.14. The molecule has 0 aliphatic carbocycles. The molecule has 6 nitrogen and oxygen atoms in total. The Morgan fingerprint density at radius 3 is 2.63 bits per heavy atom. The minimum Gasteiger partial charge on any atom is -0.465 e. The van der Waals surface area contributed by atoms with Gasteiger partial charge in [0, 0.05) is 12.4 Å². The van der Waals surface area contributed by atoms with E-state index in [9.17, 15) is 13.2 Å². The standard InChI is InChI=1S/C12H16N2O4S/c1-3-5-7-10(11(15)18-4-2)19(16,17)12-13-8-6-9-14-12/h3,6,8-10H,1,4-5,7H2,2H3. The van der Waals surface area contributed by atoms with E-state index in [-0.39, 0.29) is 18.2 Å². The number of esters is 1. The van der Waals surface area contributed by atoms with Crippen LogP contribution in [0.15, 0.2) is 36.3 Å². The van der Waals surface area contributed by atoms with E-state index in [2.05, 4.69) is 16.5 Å². The van der Waals surface area contributed by atoms with Gasteiger partial charge in [-0.15, -0.1) is 6.58 Å². The fourth-order valence-corrected chi connectivity index (χ4v) is 2.90. The van der Waals surface area contributed by atoms with Crippen LogP contribution in [0.5, 0.6) is 0 Å². The Kier molecular flexibility index (Phi) is 5.62. The first-order valence-electron chi connectivity index (χ1n) is 5.82. The number of nitrogens with zero attached hydrogens (tertiary/aromatic N) is 2. The van der Waals surface area contributed by atoms with Gasteiger partial charge in [-0.1, -0.05) is 6.08 Å². The Morgan fingerprint density at radius 1 is 1.47 bits per heavy atom. The van der Waals surface area contributed by atoms with E-state index in [1.165, 1.54) is 18.5 Å². The van der Waals surface area contributed by atoms with Gasteiger partial charge in [-0.25, -0.2) is 18.4 Å². The maximum absolute atomic E-state index is 12.3. The van der Waals surface area contributed by atoms with Crippen LogP contribution in [0.1, 0.15) is 19.8 Å². The van der Waals surface area contributed by atoms with Crippen molar-refractivity contribution in [1.29, 1.82) is 0 Å². The van der Waals surface area contributed by atoms with E-state index in [1.807, 2.05) is 0 Å². The molecule has 1 unspecified atom stereocenters. The van der Waals surface area contributed by atoms with E-state index in [4.69, 9.17) is 4.74 Å². The number of hydrogen-bond donors (Lipinski definition) is 0. The molecule has 1 heterocycles. The number of allylic oxidation sites excluding steroid dienone is 1. The van der Waals surface area contributed by atoms with E-state index in [0.717, 1.165) is 0 Å². The maximum atomic E-state index is 12.3. The van der Waals surface area contributed by atoms with Gasteiger partial charge < -0.3 is 4.74 Å². The number of rotatable bonds is 7. The predicted molar refractivity (Wildman–Crippen MR) is 69.1 cm³/mol. The summed E-state index contributed by atoms with van der Waals surface area (Å²) in [5.41, 5.74) is 0. The lowest BCUT2D eigenvalue weighted by atomic mass is 10.2. The molecular weight excluding hydrogens is 268 g/mol. The molecule has 1 aromatic rings. The molecule has 0 aliphatic rings. The molecule has 0 bridgehead atoms. The summed E-state index contributed by atoms with van der Waals surface area (Å²) in [7, 11) is -3.94. The summed E-state index contributed by atoms with van der Waals surface area (Å²) in [5, 5.41) is -1.66. The van der Waals surface area contributed by atoms with Crippen molar-refractivity contribution in [3.05, 3.63) is 31.1 Å². The lowest BCUT2D eigenvalue weighted by molar-refractivity contribution is -0.142. The van der Waals surface area contributed by atoms with Crippen LogP contribution in [0.2, 0.25) is 0 Å². The first-order valence-corrected chi connectivity index (χ1v) is 7.37. The van der Waals surface area contributed by atoms with Crippen LogP contribution >= 0.6 is 0 Å². The Bertz CT molecular complexity index is 528. The van der Waals surface area contributed by atoms with E-state index >= 15 is 0 Å². The summed E-state index contributed by atoms with van der Waals surface area (Å²) in [6, 6.07) is 1.50. The van der Waals surface area contributed by atoms with Gasteiger partial charge in [-0.3, -0.25) is 4.79 Å². The fraction of sp³-hybridized carbons (Fsp3) is 0.417. The summed E-state index contributed by atoms with van der Waals surface area (Å²) in [6.07, 6.45) is 4.66. The Labute approximate surface area is 112 Å². The maximum Gasteiger partial charge on any atom is 0.324 e. The summed E-state index contributed by atoms with van der Waals surface area (Å²) in [5.74, 6) is -0.781. The van der Waals surface area contributed by atoms with Crippen molar-refractivity contribution in [2.75, 3.05) is 6.61 Å². The highest BCUT2D eigenvalue weighted by molar-refractivity contribution is 7.92. The third kappa shape index (κ3) is 3.85. The van der Waals surface area contributed by atoms with Crippen LogP contribution in [0.3, 0.4) is 0 Å². The van der Waals surface area contributed by atoms with Crippen LogP contribution < -0.4 is 0 Å². The molecule has 0 aliphatic heterocycles. The zero-order chi connectivity index (χ0) is 14.3. The highest BCUT2D eigenvalue weighted by atomic mass is 32.2. The summed E-state index contributed by atoms with van der Waals surface area (Å²) in [4.78, 5) is 19.2. The molecule has 0 saturated carbocycles. The lowest BCUT2D eigenvalue weighted by Crippen LogP contribution is -2.33. The van der Waals surface area contributed by atoms with Gasteiger partial charge in [0.15, 0.2) is 5.25 Å². The van der Waals surface area contributed by atoms with Gasteiger partial charge in [-0.05, 0) is 25.8 Å². The quantitative estimate of drug-likeness (QED) is 0.424. The highest BCUT2D eigenvalue weighted by Gasteiger charge is 2.36. The first kappa shape index (κ1) is 15.3. The molecule has 0 spiro atoms. The molecule has 104 valence electrons. The molecule has 0 N–H and O–H groups in total. The van der Waals surface area contributed by atoms with Gasteiger partial charge in [0.2, 0.25) is 15.0 Å². The van der Waals surface area contributed by atoms with Crippen molar-refractivity contribution in [2.45, 2.75) is 30.2 Å². The van der Waals surface area contributed by atoms with Crippen molar-refractivity contribution < 1.29 is 17.9 Å². The van der Waals surface area contributed by atoms with Gasteiger partial charge in [0.25, 0.3) is 0 Å². The highest BCUT2D eigenvalue weighted by Crippen LogP contribution is 2.17. The summed E-state index contributed by atoms with van der Waals surface area (Å²) < 4.78 is 29.4. The van der Waals surface area contributed by atoms with E-state index < -0.39 is 21.1 Å². The summed E-state index contributed by atoms with van der Waals surface area (Å²) in [6.45, 7) is 5.25. The van der Waals surface area contributed by atoms with Crippen LogP contribution in [0, 0.1) is 0 Å². The van der Waals surface area contributed by atoms with Crippen molar-refractivity contribution in [2.24, 2.45) is 0 Å². The third-order valence-electron chi connectivity index (χ3n) is 2.35. The smallest absolute Gasteiger partial charge is 0.324 e. The van der Waals surface area contributed by atoms with E-state index in [0.29, 0.717) is 6.42 Å². The molecule has 0 fully saturated rings. The van der Waals surface area contributed by atoms with Crippen molar-refractivity contribution in [3.63, 3.8) is 0 Å². The Morgan fingerprint density at radius 2 is 2.11 bits per heavy atom. The molecule has 1 aromatic heterocycles. The number of hydrogen-bond acceptors (Lipinski definition) is 6. The number of carbonyl (C=O) groups excluding carboxylic acids is 1. The molecule has 19 heavy (non-hydrogen) atoms. The van der Waals surface area contributed by atoms with Gasteiger partial charge in [0.05, 0.1) is 6.61 Å². The van der Waals surface area contributed by atoms with Crippen molar-refractivity contribution in [1.82, 2.24) is 9.97 Å². The van der Waals surface area contributed by atoms with Crippen LogP contribution in [0.4, 0.5) is 0 Å². The number of ether oxygens (including phenoxy) is 1. The van der Waals surface area contributed by atoms with Gasteiger partial charge in [-0.2, -0.15) is 0 Å².